The predicted octanol–water partition coefficient (Wildman–Crippen LogP) is 2.06. The Labute approximate surface area is 185 Å². The Morgan fingerprint density at radius 2 is 1.77 bits per heavy atom. The van der Waals surface area contributed by atoms with Gasteiger partial charge < -0.3 is 14.5 Å². The van der Waals surface area contributed by atoms with Crippen molar-refractivity contribution in [1.82, 2.24) is 14.5 Å². The summed E-state index contributed by atoms with van der Waals surface area (Å²) in [5.74, 6) is 0.0513. The lowest BCUT2D eigenvalue weighted by molar-refractivity contribution is -0.134. The van der Waals surface area contributed by atoms with Gasteiger partial charge in [0.25, 0.3) is 0 Å². The van der Waals surface area contributed by atoms with Crippen LogP contribution < -0.4 is 9.46 Å². The van der Waals surface area contributed by atoms with Gasteiger partial charge in [0.15, 0.2) is 0 Å². The molecule has 0 radical (unpaired) electrons. The van der Waals surface area contributed by atoms with E-state index in [4.69, 9.17) is 4.74 Å². The molecule has 0 spiro atoms. The number of sulfonamides is 1. The first-order valence-corrected chi connectivity index (χ1v) is 12.0. The second-order valence-electron chi connectivity index (χ2n) is 7.78. The second-order valence-corrected chi connectivity index (χ2v) is 9.46. The molecule has 1 N–H and O–H groups in total. The number of hydrogen-bond acceptors (Lipinski definition) is 5. The number of likely N-dealkylation sites (N-methyl/N-ethyl adjacent to an activating group) is 1. The molecule has 168 valence electrons. The molecule has 2 aromatic carbocycles. The Morgan fingerprint density at radius 1 is 1.10 bits per heavy atom. The van der Waals surface area contributed by atoms with Crippen LogP contribution in [0.5, 0.6) is 5.75 Å². The van der Waals surface area contributed by atoms with Crippen LogP contribution in [0.4, 0.5) is 0 Å². The third-order valence-electron chi connectivity index (χ3n) is 5.62. The number of carbonyl (C=O) groups is 1. The summed E-state index contributed by atoms with van der Waals surface area (Å²) in [6, 6.07) is 13.5. The fraction of sp³-hybridized carbons (Fsp3) is 0.435. The zero-order valence-corrected chi connectivity index (χ0v) is 19.2. The molecule has 3 rings (SSSR count). The van der Waals surface area contributed by atoms with E-state index in [9.17, 15) is 13.2 Å². The number of piperazine rings is 1. The van der Waals surface area contributed by atoms with Crippen LogP contribution >= 0.6 is 0 Å². The van der Waals surface area contributed by atoms with Gasteiger partial charge in [-0.1, -0.05) is 43.3 Å². The number of methoxy groups -OCH3 is 1. The molecule has 1 amide bonds. The molecule has 1 heterocycles. The molecule has 31 heavy (non-hydrogen) atoms. The lowest BCUT2D eigenvalue weighted by Crippen LogP contribution is -2.55. The van der Waals surface area contributed by atoms with Crippen molar-refractivity contribution < 1.29 is 17.9 Å². The highest BCUT2D eigenvalue weighted by molar-refractivity contribution is 7.89. The van der Waals surface area contributed by atoms with Gasteiger partial charge in [-0.2, -0.15) is 4.72 Å². The fourth-order valence-electron chi connectivity index (χ4n) is 3.78. The van der Waals surface area contributed by atoms with Crippen LogP contribution in [0, 0.1) is 6.92 Å². The van der Waals surface area contributed by atoms with Crippen LogP contribution in [0.25, 0.3) is 0 Å². The number of hydrogen-bond donors (Lipinski definition) is 1. The van der Waals surface area contributed by atoms with Gasteiger partial charge in [0.2, 0.25) is 15.9 Å². The van der Waals surface area contributed by atoms with E-state index in [1.807, 2.05) is 37.3 Å². The SMILES string of the molecule is CCN1CCN(C(=O)[C@H](Cc2ccccc2)NS(=O)(=O)c2cc(C)ccc2OC)CC1. The summed E-state index contributed by atoms with van der Waals surface area (Å²) in [5, 5.41) is 0. The van der Waals surface area contributed by atoms with Gasteiger partial charge in [0.05, 0.1) is 7.11 Å². The minimum absolute atomic E-state index is 0.0386. The highest BCUT2D eigenvalue weighted by Gasteiger charge is 2.32. The van der Waals surface area contributed by atoms with E-state index in [1.54, 1.807) is 23.1 Å². The van der Waals surface area contributed by atoms with Gasteiger partial charge in [0, 0.05) is 26.2 Å². The molecule has 0 saturated carbocycles. The summed E-state index contributed by atoms with van der Waals surface area (Å²) in [6.45, 7) is 7.62. The topological polar surface area (TPSA) is 79.0 Å². The monoisotopic (exact) mass is 445 g/mol. The fourth-order valence-corrected chi connectivity index (χ4v) is 5.22. The van der Waals surface area contributed by atoms with Gasteiger partial charge in [-0.3, -0.25) is 4.79 Å². The lowest BCUT2D eigenvalue weighted by Gasteiger charge is -2.36. The minimum Gasteiger partial charge on any atom is -0.495 e. The van der Waals surface area contributed by atoms with Crippen LogP contribution in [0.1, 0.15) is 18.1 Å². The number of aryl methyl sites for hydroxylation is 1. The number of benzene rings is 2. The van der Waals surface area contributed by atoms with E-state index in [0.717, 1.165) is 30.8 Å². The van der Waals surface area contributed by atoms with Crippen molar-refractivity contribution in [3.8, 4) is 5.75 Å². The second kappa shape index (κ2) is 10.3. The number of nitrogens with zero attached hydrogens (tertiary/aromatic N) is 2. The molecule has 0 unspecified atom stereocenters. The summed E-state index contributed by atoms with van der Waals surface area (Å²) >= 11 is 0. The average molecular weight is 446 g/mol. The maximum Gasteiger partial charge on any atom is 0.244 e. The quantitative estimate of drug-likeness (QED) is 0.673. The first-order chi connectivity index (χ1) is 14.8. The Balaban J connectivity index is 1.87. The molecule has 1 aliphatic rings. The predicted molar refractivity (Wildman–Crippen MR) is 121 cm³/mol. The van der Waals surface area contributed by atoms with E-state index in [2.05, 4.69) is 16.5 Å². The number of ether oxygens (including phenoxy) is 1. The van der Waals surface area contributed by atoms with Crippen LogP contribution in [-0.4, -0.2) is 70.0 Å². The number of rotatable bonds is 8. The summed E-state index contributed by atoms with van der Waals surface area (Å²) in [5.41, 5.74) is 1.69. The number of nitrogens with one attached hydrogen (secondary N) is 1. The smallest absolute Gasteiger partial charge is 0.244 e. The van der Waals surface area contributed by atoms with E-state index >= 15 is 0 Å². The number of carbonyl (C=O) groups excluding carboxylic acids is 1. The van der Waals surface area contributed by atoms with Crippen molar-refractivity contribution in [2.45, 2.75) is 31.2 Å². The van der Waals surface area contributed by atoms with Crippen LogP contribution in [0.2, 0.25) is 0 Å². The van der Waals surface area contributed by atoms with Crippen LogP contribution in [0.3, 0.4) is 0 Å². The molecule has 0 aromatic heterocycles. The van der Waals surface area contributed by atoms with Crippen molar-refractivity contribution in [3.05, 3.63) is 59.7 Å². The molecule has 7 nitrogen and oxygen atoms in total. The van der Waals surface area contributed by atoms with Crippen molar-refractivity contribution in [2.75, 3.05) is 39.8 Å². The van der Waals surface area contributed by atoms with Gasteiger partial charge in [0.1, 0.15) is 16.7 Å². The van der Waals surface area contributed by atoms with Gasteiger partial charge in [-0.15, -0.1) is 0 Å². The minimum atomic E-state index is -3.98. The Kier molecular flexibility index (Phi) is 7.69. The van der Waals surface area contributed by atoms with E-state index in [0.29, 0.717) is 13.1 Å². The van der Waals surface area contributed by atoms with Gasteiger partial charge in [-0.25, -0.2) is 8.42 Å². The summed E-state index contributed by atoms with van der Waals surface area (Å²) in [7, 11) is -2.54. The lowest BCUT2D eigenvalue weighted by atomic mass is 10.1. The summed E-state index contributed by atoms with van der Waals surface area (Å²) in [6.07, 6.45) is 0.279. The first kappa shape index (κ1) is 23.2. The van der Waals surface area contributed by atoms with Crippen molar-refractivity contribution in [3.63, 3.8) is 0 Å². The Hall–Kier alpha value is -2.42. The highest BCUT2D eigenvalue weighted by atomic mass is 32.2. The zero-order chi connectivity index (χ0) is 22.4. The Bertz CT molecular complexity index is 987. The molecule has 1 saturated heterocycles. The third-order valence-corrected chi connectivity index (χ3v) is 7.11. The maximum atomic E-state index is 13.4. The van der Waals surface area contributed by atoms with Crippen LogP contribution in [-0.2, 0) is 21.2 Å². The molecule has 1 fully saturated rings. The van der Waals surface area contributed by atoms with Crippen molar-refractivity contribution in [2.24, 2.45) is 0 Å². The summed E-state index contributed by atoms with van der Waals surface area (Å²) in [4.78, 5) is 17.5. The van der Waals surface area contributed by atoms with Crippen molar-refractivity contribution >= 4 is 15.9 Å². The maximum absolute atomic E-state index is 13.4. The zero-order valence-electron chi connectivity index (χ0n) is 18.4. The molecular weight excluding hydrogens is 414 g/mol. The standard InChI is InChI=1S/C23H31N3O4S/c1-4-25-12-14-26(15-13-25)23(27)20(17-19-8-6-5-7-9-19)24-31(28,29)22-16-18(2)10-11-21(22)30-3/h5-11,16,20,24H,4,12-15,17H2,1-3H3/t20-/m0/s1. The van der Waals surface area contributed by atoms with E-state index in [-0.39, 0.29) is 23.0 Å². The largest absolute Gasteiger partial charge is 0.495 e. The van der Waals surface area contributed by atoms with E-state index in [1.165, 1.54) is 7.11 Å². The molecule has 0 bridgehead atoms. The van der Waals surface area contributed by atoms with Gasteiger partial charge in [-0.05, 0) is 43.1 Å². The molecule has 2 aromatic rings. The molecule has 1 aliphatic heterocycles. The third kappa shape index (κ3) is 5.84. The molecule has 8 heteroatoms. The average Bonchev–Trinajstić information content (AvgIpc) is 2.78. The molecule has 1 atom stereocenters. The van der Waals surface area contributed by atoms with Gasteiger partial charge >= 0.3 is 0 Å². The molecule has 0 aliphatic carbocycles. The Morgan fingerprint density at radius 3 is 2.39 bits per heavy atom. The molecular formula is C23H31N3O4S. The first-order valence-electron chi connectivity index (χ1n) is 10.6. The normalized spacial score (nSPS) is 16.2. The van der Waals surface area contributed by atoms with Crippen molar-refractivity contribution in [1.29, 1.82) is 0 Å². The highest BCUT2D eigenvalue weighted by Crippen LogP contribution is 2.25. The van der Waals surface area contributed by atoms with E-state index < -0.39 is 16.1 Å². The van der Waals surface area contributed by atoms with Crippen LogP contribution in [0.15, 0.2) is 53.4 Å². The number of amides is 1. The summed E-state index contributed by atoms with van der Waals surface area (Å²) < 4.78 is 34.5.